The van der Waals surface area contributed by atoms with Crippen LogP contribution in [0.25, 0.3) is 87.6 Å². The fraction of sp³-hybridized carbons (Fsp3) is 0. The lowest BCUT2D eigenvalue weighted by atomic mass is 9.85. The molecule has 0 bridgehead atoms. The number of hydrogen-bond donors (Lipinski definition) is 0. The van der Waals surface area contributed by atoms with Crippen molar-refractivity contribution >= 4 is 54.3 Å². The van der Waals surface area contributed by atoms with E-state index in [9.17, 15) is 1.37 Å². The molecule has 0 spiro atoms. The van der Waals surface area contributed by atoms with Crippen LogP contribution in [-0.2, 0) is 0 Å². The van der Waals surface area contributed by atoms with E-state index in [1.165, 1.54) is 0 Å². The van der Waals surface area contributed by atoms with Crippen LogP contribution >= 0.6 is 0 Å². The highest BCUT2D eigenvalue weighted by Gasteiger charge is 2.18. The zero-order valence-electron chi connectivity index (χ0n) is 27.1. The second kappa shape index (κ2) is 9.44. The largest absolute Gasteiger partial charge is 0.455 e. The number of fused-ring (bicyclic) bond motifs is 7. The SMILES string of the molecule is [2H]c1c([2H])c(-c2ccccc2)c([2H])c(-c2c3ccccc3c(-c3ccc4c(c3)oc3c5ccccc5ccc43)c3ccccc23)c1[2H]. The van der Waals surface area contributed by atoms with Crippen molar-refractivity contribution in [3.05, 3.63) is 158 Å². The Labute approximate surface area is 254 Å². The summed E-state index contributed by atoms with van der Waals surface area (Å²) in [5, 5.41) is 8.09. The van der Waals surface area contributed by atoms with E-state index in [2.05, 4.69) is 54.6 Å². The predicted molar refractivity (Wildman–Crippen MR) is 183 cm³/mol. The van der Waals surface area contributed by atoms with Gasteiger partial charge in [0.05, 0.1) is 5.48 Å². The van der Waals surface area contributed by atoms with Gasteiger partial charge in [0.15, 0.2) is 0 Å². The summed E-state index contributed by atoms with van der Waals surface area (Å²) in [6, 6.07) is 44.2. The highest BCUT2D eigenvalue weighted by atomic mass is 16.3. The second-order valence-electron chi connectivity index (χ2n) is 10.9. The van der Waals surface area contributed by atoms with Crippen molar-refractivity contribution in [1.29, 1.82) is 0 Å². The molecule has 1 nitrogen and oxygen atoms in total. The van der Waals surface area contributed by atoms with Crippen LogP contribution in [0.5, 0.6) is 0 Å². The summed E-state index contributed by atoms with van der Waals surface area (Å²) in [6.45, 7) is 0. The van der Waals surface area contributed by atoms with Crippen molar-refractivity contribution in [3.63, 3.8) is 0 Å². The number of rotatable bonds is 3. The van der Waals surface area contributed by atoms with Gasteiger partial charge in [0.25, 0.3) is 0 Å². The summed E-state index contributed by atoms with van der Waals surface area (Å²) in [5.74, 6) is 0. The van der Waals surface area contributed by atoms with Gasteiger partial charge in [0.2, 0.25) is 0 Å². The molecule has 1 heterocycles. The molecule has 0 aliphatic heterocycles. The van der Waals surface area contributed by atoms with Crippen molar-refractivity contribution in [2.45, 2.75) is 0 Å². The lowest BCUT2D eigenvalue weighted by Gasteiger charge is -2.18. The minimum atomic E-state index is -0.185. The van der Waals surface area contributed by atoms with Crippen LogP contribution in [0.4, 0.5) is 0 Å². The fourth-order valence-electron chi connectivity index (χ4n) is 6.59. The average Bonchev–Trinajstić information content (AvgIpc) is 3.49. The first-order valence-corrected chi connectivity index (χ1v) is 14.4. The third-order valence-electron chi connectivity index (χ3n) is 8.52. The molecule has 0 radical (unpaired) electrons. The van der Waals surface area contributed by atoms with Crippen molar-refractivity contribution in [1.82, 2.24) is 0 Å². The minimum Gasteiger partial charge on any atom is -0.455 e. The van der Waals surface area contributed by atoms with Crippen LogP contribution in [-0.4, -0.2) is 0 Å². The summed E-state index contributed by atoms with van der Waals surface area (Å²) in [6.07, 6.45) is 0. The van der Waals surface area contributed by atoms with Crippen LogP contribution in [0.2, 0.25) is 0 Å². The Kier molecular flexibility index (Phi) is 4.45. The molecular formula is C42H26O. The third kappa shape index (κ3) is 3.72. The zero-order valence-corrected chi connectivity index (χ0v) is 23.1. The molecule has 0 saturated carbocycles. The van der Waals surface area contributed by atoms with Gasteiger partial charge in [-0.25, -0.2) is 0 Å². The first-order chi connectivity index (χ1) is 23.0. The van der Waals surface area contributed by atoms with Gasteiger partial charge in [-0.05, 0) is 84.6 Å². The smallest absolute Gasteiger partial charge is 0.143 e. The van der Waals surface area contributed by atoms with Crippen LogP contribution in [0, 0.1) is 0 Å². The standard InChI is InChI=1S/C42H26O/c1-2-11-27(12-3-1)29-14-10-15-30(25-29)40-34-17-6-8-19-36(34)41(37-20-9-7-18-35(37)40)31-22-23-33-38-24-21-28-13-4-5-16-32(28)42(38)43-39(33)26-31/h1-26H/i10D,14D,15D,25D. The number of benzene rings is 8. The van der Waals surface area contributed by atoms with E-state index in [-0.39, 0.29) is 24.2 Å². The van der Waals surface area contributed by atoms with E-state index in [0.717, 1.165) is 70.9 Å². The van der Waals surface area contributed by atoms with Crippen molar-refractivity contribution in [3.8, 4) is 33.4 Å². The maximum Gasteiger partial charge on any atom is 0.143 e. The summed E-state index contributed by atoms with van der Waals surface area (Å²) in [5.41, 5.74) is 5.88. The summed E-state index contributed by atoms with van der Waals surface area (Å²) in [4.78, 5) is 0. The molecule has 200 valence electrons. The maximum atomic E-state index is 9.43. The Morgan fingerprint density at radius 3 is 1.72 bits per heavy atom. The monoisotopic (exact) mass is 550 g/mol. The first kappa shape index (κ1) is 20.3. The molecule has 0 unspecified atom stereocenters. The lowest BCUT2D eigenvalue weighted by Crippen LogP contribution is -1.91. The van der Waals surface area contributed by atoms with Gasteiger partial charge in [-0.1, -0.05) is 133 Å². The van der Waals surface area contributed by atoms with E-state index >= 15 is 0 Å². The Morgan fingerprint density at radius 2 is 1.00 bits per heavy atom. The highest BCUT2D eigenvalue weighted by Crippen LogP contribution is 2.45. The van der Waals surface area contributed by atoms with Crippen LogP contribution in [0.1, 0.15) is 5.48 Å². The number of furan rings is 1. The van der Waals surface area contributed by atoms with Gasteiger partial charge in [-0.3, -0.25) is 0 Å². The van der Waals surface area contributed by atoms with E-state index in [4.69, 9.17) is 8.53 Å². The minimum absolute atomic E-state index is 0.0844. The van der Waals surface area contributed by atoms with Gasteiger partial charge < -0.3 is 4.42 Å². The van der Waals surface area contributed by atoms with Gasteiger partial charge in [-0.15, -0.1) is 0 Å². The molecule has 0 N–H and O–H groups in total. The molecule has 0 saturated heterocycles. The first-order valence-electron chi connectivity index (χ1n) is 16.4. The molecule has 8 aromatic carbocycles. The molecule has 9 aromatic rings. The van der Waals surface area contributed by atoms with E-state index in [1.807, 2.05) is 78.9 Å². The highest BCUT2D eigenvalue weighted by molar-refractivity contribution is 6.22. The zero-order chi connectivity index (χ0) is 31.8. The number of hydrogen-bond acceptors (Lipinski definition) is 1. The van der Waals surface area contributed by atoms with Gasteiger partial charge in [0, 0.05) is 16.2 Å². The lowest BCUT2D eigenvalue weighted by molar-refractivity contribution is 0.673. The quantitative estimate of drug-likeness (QED) is 0.199. The molecule has 0 aliphatic rings. The molecule has 0 amide bonds. The van der Waals surface area contributed by atoms with Gasteiger partial charge in [0.1, 0.15) is 11.2 Å². The van der Waals surface area contributed by atoms with Crippen molar-refractivity contribution < 1.29 is 9.90 Å². The molecule has 9 rings (SSSR count). The van der Waals surface area contributed by atoms with Crippen LogP contribution < -0.4 is 0 Å². The molecule has 0 atom stereocenters. The average molecular weight is 551 g/mol. The van der Waals surface area contributed by atoms with Crippen molar-refractivity contribution in [2.75, 3.05) is 0 Å². The second-order valence-corrected chi connectivity index (χ2v) is 10.9. The van der Waals surface area contributed by atoms with E-state index in [1.54, 1.807) is 0 Å². The molecule has 1 heteroatoms. The summed E-state index contributed by atoms with van der Waals surface area (Å²) in [7, 11) is 0. The Morgan fingerprint density at radius 1 is 0.419 bits per heavy atom. The third-order valence-corrected chi connectivity index (χ3v) is 8.52. The van der Waals surface area contributed by atoms with Crippen LogP contribution in [0.15, 0.2) is 162 Å². The topological polar surface area (TPSA) is 13.1 Å². The van der Waals surface area contributed by atoms with Crippen molar-refractivity contribution in [2.24, 2.45) is 0 Å². The Balaban J connectivity index is 1.37. The Bertz CT molecular complexity index is 2670. The molecule has 0 aliphatic carbocycles. The van der Waals surface area contributed by atoms with Gasteiger partial charge >= 0.3 is 0 Å². The fourth-order valence-corrected chi connectivity index (χ4v) is 6.59. The summed E-state index contributed by atoms with van der Waals surface area (Å²) < 4.78 is 42.7. The predicted octanol–water partition coefficient (Wildman–Crippen LogP) is 12.0. The molecular weight excluding hydrogens is 520 g/mol. The normalized spacial score (nSPS) is 13.0. The molecule has 1 aromatic heterocycles. The molecule has 43 heavy (non-hydrogen) atoms. The summed E-state index contributed by atoms with van der Waals surface area (Å²) >= 11 is 0. The van der Waals surface area contributed by atoms with E-state index < -0.39 is 0 Å². The maximum absolute atomic E-state index is 9.43. The van der Waals surface area contributed by atoms with Gasteiger partial charge in [-0.2, -0.15) is 0 Å². The Hall–Kier alpha value is -5.66. The molecule has 0 fully saturated rings. The van der Waals surface area contributed by atoms with Crippen LogP contribution in [0.3, 0.4) is 0 Å². The van der Waals surface area contributed by atoms with E-state index in [0.29, 0.717) is 16.7 Å².